The van der Waals surface area contributed by atoms with E-state index in [1.54, 1.807) is 12.3 Å². The van der Waals surface area contributed by atoms with Gasteiger partial charge >= 0.3 is 0 Å². The average molecular weight is 288 g/mol. The van der Waals surface area contributed by atoms with E-state index in [1.807, 2.05) is 0 Å². The average Bonchev–Trinajstić information content (AvgIpc) is 2.60. The van der Waals surface area contributed by atoms with Gasteiger partial charge in [0.2, 0.25) is 0 Å². The molecule has 88 valence electrons. The Hall–Kier alpha value is -1.01. The lowest BCUT2D eigenvalue weighted by Gasteiger charge is -2.23. The molecular formula is C10H14BrN3O2. The fourth-order valence-corrected chi connectivity index (χ4v) is 2.26. The van der Waals surface area contributed by atoms with E-state index in [1.165, 1.54) is 4.68 Å². The molecule has 2 heterocycles. The van der Waals surface area contributed by atoms with Crippen LogP contribution >= 0.6 is 15.9 Å². The van der Waals surface area contributed by atoms with E-state index in [9.17, 15) is 4.79 Å². The van der Waals surface area contributed by atoms with E-state index < -0.39 is 0 Å². The third kappa shape index (κ3) is 2.38. The Morgan fingerprint density at radius 2 is 2.50 bits per heavy atom. The van der Waals surface area contributed by atoms with E-state index in [0.29, 0.717) is 16.8 Å². The number of amides is 1. The number of nitrogens with one attached hydrogen (secondary N) is 1. The van der Waals surface area contributed by atoms with Crippen LogP contribution in [0.4, 0.5) is 0 Å². The minimum atomic E-state index is -0.171. The van der Waals surface area contributed by atoms with E-state index in [4.69, 9.17) is 10.6 Å². The first kappa shape index (κ1) is 11.5. The summed E-state index contributed by atoms with van der Waals surface area (Å²) in [5.74, 6) is 5.47. The Kier molecular flexibility index (Phi) is 3.50. The van der Waals surface area contributed by atoms with Crippen LogP contribution in [0.5, 0.6) is 0 Å². The zero-order chi connectivity index (χ0) is 11.5. The molecule has 1 aliphatic rings. The summed E-state index contributed by atoms with van der Waals surface area (Å²) in [6.07, 6.45) is 3.57. The lowest BCUT2D eigenvalue weighted by molar-refractivity contribution is 0.0620. The van der Waals surface area contributed by atoms with Gasteiger partial charge in [-0.1, -0.05) is 0 Å². The Morgan fingerprint density at radius 1 is 1.69 bits per heavy atom. The second kappa shape index (κ2) is 4.88. The number of nitrogens with zero attached hydrogens (tertiary/aromatic N) is 1. The summed E-state index contributed by atoms with van der Waals surface area (Å²) in [6.45, 7) is 1.36. The summed E-state index contributed by atoms with van der Waals surface area (Å²) in [7, 11) is 0. The van der Waals surface area contributed by atoms with Crippen molar-refractivity contribution in [1.82, 2.24) is 9.99 Å². The molecule has 2 rings (SSSR count). The van der Waals surface area contributed by atoms with E-state index >= 15 is 0 Å². The zero-order valence-electron chi connectivity index (χ0n) is 8.78. The van der Waals surface area contributed by atoms with Crippen LogP contribution in [0.3, 0.4) is 0 Å². The Bertz CT molecular complexity index is 366. The highest BCUT2D eigenvalue weighted by Gasteiger charge is 2.20. The maximum Gasteiger partial charge on any atom is 0.271 e. The maximum absolute atomic E-state index is 11.9. The predicted molar refractivity (Wildman–Crippen MR) is 63.6 cm³/mol. The number of halogens is 1. The number of ether oxygens (including phenoxy) is 1. The maximum atomic E-state index is 11.9. The quantitative estimate of drug-likeness (QED) is 0.793. The highest BCUT2D eigenvalue weighted by Crippen LogP contribution is 2.16. The summed E-state index contributed by atoms with van der Waals surface area (Å²) >= 11 is 3.29. The number of aromatic nitrogens is 1. The monoisotopic (exact) mass is 287 g/mol. The second-order valence-electron chi connectivity index (χ2n) is 3.81. The molecule has 3 N–H and O–H groups in total. The third-order valence-corrected chi connectivity index (χ3v) is 3.22. The lowest BCUT2D eigenvalue weighted by Crippen LogP contribution is -2.41. The van der Waals surface area contributed by atoms with Crippen LogP contribution in [-0.4, -0.2) is 29.8 Å². The minimum Gasteiger partial charge on any atom is -0.379 e. The van der Waals surface area contributed by atoms with Crippen molar-refractivity contribution in [3.05, 3.63) is 22.4 Å². The SMILES string of the molecule is Nn1ccc(Br)c1C(=O)NC1CCCOC1. The molecule has 1 atom stereocenters. The molecule has 0 bridgehead atoms. The molecule has 5 nitrogen and oxygen atoms in total. The first-order valence-electron chi connectivity index (χ1n) is 5.19. The molecule has 1 aliphatic heterocycles. The van der Waals surface area contributed by atoms with Gasteiger partial charge in [0.1, 0.15) is 5.69 Å². The van der Waals surface area contributed by atoms with Crippen molar-refractivity contribution >= 4 is 21.8 Å². The van der Waals surface area contributed by atoms with Crippen LogP contribution in [0.15, 0.2) is 16.7 Å². The molecule has 0 radical (unpaired) electrons. The van der Waals surface area contributed by atoms with Crippen LogP contribution in [0.2, 0.25) is 0 Å². The number of nitrogens with two attached hydrogens (primary N) is 1. The van der Waals surface area contributed by atoms with Gasteiger partial charge in [0.05, 0.1) is 17.1 Å². The number of hydrogen-bond acceptors (Lipinski definition) is 3. The van der Waals surface area contributed by atoms with Gasteiger partial charge in [-0.05, 0) is 34.8 Å². The summed E-state index contributed by atoms with van der Waals surface area (Å²) < 4.78 is 7.30. The molecule has 6 heteroatoms. The van der Waals surface area contributed by atoms with Crippen molar-refractivity contribution in [3.63, 3.8) is 0 Å². The number of carbonyl (C=O) groups excluding carboxylic acids is 1. The van der Waals surface area contributed by atoms with Gasteiger partial charge in [0.25, 0.3) is 5.91 Å². The van der Waals surface area contributed by atoms with Gasteiger partial charge in [-0.15, -0.1) is 0 Å². The van der Waals surface area contributed by atoms with Crippen LogP contribution in [0, 0.1) is 0 Å². The highest BCUT2D eigenvalue weighted by atomic mass is 79.9. The predicted octanol–water partition coefficient (Wildman–Crippen LogP) is 0.873. The Morgan fingerprint density at radius 3 is 3.06 bits per heavy atom. The third-order valence-electron chi connectivity index (χ3n) is 2.58. The molecule has 0 spiro atoms. The fraction of sp³-hybridized carbons (Fsp3) is 0.500. The summed E-state index contributed by atoms with van der Waals surface area (Å²) in [5, 5.41) is 2.91. The summed E-state index contributed by atoms with van der Waals surface area (Å²) in [5.41, 5.74) is 0.436. The van der Waals surface area contributed by atoms with Crippen LogP contribution in [0.25, 0.3) is 0 Å². The van der Waals surface area contributed by atoms with Crippen molar-refractivity contribution in [2.45, 2.75) is 18.9 Å². The molecule has 16 heavy (non-hydrogen) atoms. The summed E-state index contributed by atoms with van der Waals surface area (Å²) in [6, 6.07) is 1.83. The fourth-order valence-electron chi connectivity index (χ4n) is 1.76. The topological polar surface area (TPSA) is 69.3 Å². The Balaban J connectivity index is 2.02. The van der Waals surface area contributed by atoms with Crippen LogP contribution < -0.4 is 11.2 Å². The van der Waals surface area contributed by atoms with Gasteiger partial charge in [-0.2, -0.15) is 0 Å². The van der Waals surface area contributed by atoms with E-state index in [0.717, 1.165) is 19.4 Å². The molecule has 0 aliphatic carbocycles. The number of nitrogen functional groups attached to an aromatic ring is 1. The lowest BCUT2D eigenvalue weighted by atomic mass is 10.1. The molecule has 1 amide bonds. The molecule has 1 unspecified atom stereocenters. The largest absolute Gasteiger partial charge is 0.379 e. The summed E-state index contributed by atoms with van der Waals surface area (Å²) in [4.78, 5) is 11.9. The second-order valence-corrected chi connectivity index (χ2v) is 4.66. The molecule has 0 aromatic carbocycles. The van der Waals surface area contributed by atoms with Gasteiger partial charge in [0.15, 0.2) is 0 Å². The molecular weight excluding hydrogens is 274 g/mol. The Labute approximate surface area is 102 Å². The molecule has 1 fully saturated rings. The van der Waals surface area contributed by atoms with Crippen molar-refractivity contribution in [2.75, 3.05) is 19.1 Å². The van der Waals surface area contributed by atoms with Gasteiger partial charge in [-0.3, -0.25) is 9.47 Å². The van der Waals surface area contributed by atoms with E-state index in [2.05, 4.69) is 21.2 Å². The number of carbonyl (C=O) groups is 1. The van der Waals surface area contributed by atoms with Crippen molar-refractivity contribution in [3.8, 4) is 0 Å². The molecule has 1 aromatic heterocycles. The molecule has 0 saturated carbocycles. The first-order valence-corrected chi connectivity index (χ1v) is 5.98. The number of rotatable bonds is 2. The smallest absolute Gasteiger partial charge is 0.271 e. The number of hydrogen-bond donors (Lipinski definition) is 2. The van der Waals surface area contributed by atoms with Gasteiger partial charge in [0, 0.05) is 12.8 Å². The zero-order valence-corrected chi connectivity index (χ0v) is 10.4. The van der Waals surface area contributed by atoms with Crippen LogP contribution in [-0.2, 0) is 4.74 Å². The first-order chi connectivity index (χ1) is 7.68. The molecule has 1 saturated heterocycles. The standard InChI is InChI=1S/C10H14BrN3O2/c11-8-3-4-14(12)9(8)10(15)13-7-2-1-5-16-6-7/h3-4,7H,1-2,5-6,12H2,(H,13,15). The highest BCUT2D eigenvalue weighted by molar-refractivity contribution is 9.10. The van der Waals surface area contributed by atoms with Crippen molar-refractivity contribution in [1.29, 1.82) is 0 Å². The van der Waals surface area contributed by atoms with Crippen LogP contribution in [0.1, 0.15) is 23.3 Å². The minimum absolute atomic E-state index is 0.0862. The van der Waals surface area contributed by atoms with E-state index in [-0.39, 0.29) is 11.9 Å². The van der Waals surface area contributed by atoms with Gasteiger partial charge < -0.3 is 15.9 Å². The van der Waals surface area contributed by atoms with Crippen molar-refractivity contribution in [2.24, 2.45) is 0 Å². The van der Waals surface area contributed by atoms with Crippen molar-refractivity contribution < 1.29 is 9.53 Å². The molecule has 1 aromatic rings. The van der Waals surface area contributed by atoms with Gasteiger partial charge in [-0.25, -0.2) is 0 Å². The normalized spacial score (nSPS) is 20.7.